The Morgan fingerprint density at radius 1 is 1.05 bits per heavy atom. The summed E-state index contributed by atoms with van der Waals surface area (Å²) in [5.74, 6) is -0.813. The standard InChI is InChI=1S/C27H45N5O5/c1-2-3-9-20(24(35)30-21-11-12-21)18-28-25(36)22-10-7-16-32(22)23(34)19-29-26(37)31-27(15-8-17-33)13-5-4-6-14-27/h8,17,20-22,33H,2-7,9-16,18-19H2,1H3,(H,28,36)(H,30,35)(H2,29,31,37)/b17-8+. The van der Waals surface area contributed by atoms with Crippen LogP contribution in [-0.4, -0.2) is 71.0 Å². The molecule has 0 aromatic rings. The minimum Gasteiger partial charge on any atom is -0.516 e. The number of aliphatic hydroxyl groups excluding tert-OH is 1. The maximum Gasteiger partial charge on any atom is 0.315 e. The Labute approximate surface area is 220 Å². The van der Waals surface area contributed by atoms with Gasteiger partial charge in [-0.1, -0.05) is 39.0 Å². The highest BCUT2D eigenvalue weighted by Gasteiger charge is 2.36. The third kappa shape index (κ3) is 8.93. The second-order valence-corrected chi connectivity index (χ2v) is 10.8. The number of carbonyl (C=O) groups excluding carboxylic acids is 4. The van der Waals surface area contributed by atoms with Crippen LogP contribution in [0, 0.1) is 5.92 Å². The molecule has 3 rings (SSSR count). The van der Waals surface area contributed by atoms with Crippen LogP contribution in [0.3, 0.4) is 0 Å². The van der Waals surface area contributed by atoms with Crippen molar-refractivity contribution in [2.45, 2.75) is 108 Å². The summed E-state index contributed by atoms with van der Waals surface area (Å²) in [6.07, 6.45) is 13.9. The molecule has 10 nitrogen and oxygen atoms in total. The smallest absolute Gasteiger partial charge is 0.315 e. The maximum absolute atomic E-state index is 13.0. The maximum atomic E-state index is 13.0. The van der Waals surface area contributed by atoms with Gasteiger partial charge in [0, 0.05) is 24.7 Å². The lowest BCUT2D eigenvalue weighted by Crippen LogP contribution is -2.55. The molecule has 5 N–H and O–H groups in total. The largest absolute Gasteiger partial charge is 0.516 e. The molecule has 2 unspecified atom stereocenters. The van der Waals surface area contributed by atoms with Gasteiger partial charge in [0.2, 0.25) is 17.7 Å². The molecule has 2 atom stereocenters. The van der Waals surface area contributed by atoms with Crippen molar-refractivity contribution < 1.29 is 24.3 Å². The zero-order chi connectivity index (χ0) is 26.7. The Kier molecular flexibility index (Phi) is 11.1. The third-order valence-corrected chi connectivity index (χ3v) is 7.80. The highest BCUT2D eigenvalue weighted by molar-refractivity contribution is 5.91. The second-order valence-electron chi connectivity index (χ2n) is 10.8. The lowest BCUT2D eigenvalue weighted by molar-refractivity contribution is -0.138. The molecule has 1 heterocycles. The molecule has 3 aliphatic rings. The Bertz CT molecular complexity index is 822. The fourth-order valence-corrected chi connectivity index (χ4v) is 5.43. The molecular weight excluding hydrogens is 474 g/mol. The zero-order valence-electron chi connectivity index (χ0n) is 22.2. The molecule has 5 amide bonds. The quantitative estimate of drug-likeness (QED) is 0.238. The monoisotopic (exact) mass is 519 g/mol. The molecule has 2 saturated carbocycles. The highest BCUT2D eigenvalue weighted by Crippen LogP contribution is 2.31. The molecule has 0 spiro atoms. The van der Waals surface area contributed by atoms with Crippen LogP contribution in [0.25, 0.3) is 0 Å². The van der Waals surface area contributed by atoms with Gasteiger partial charge < -0.3 is 31.3 Å². The van der Waals surface area contributed by atoms with Crippen molar-refractivity contribution in [2.24, 2.45) is 5.92 Å². The van der Waals surface area contributed by atoms with Crippen LogP contribution in [0.4, 0.5) is 4.79 Å². The van der Waals surface area contributed by atoms with Crippen molar-refractivity contribution in [1.82, 2.24) is 26.2 Å². The van der Waals surface area contributed by atoms with E-state index in [4.69, 9.17) is 5.11 Å². The number of urea groups is 1. The minimum atomic E-state index is -0.588. The molecular formula is C27H45N5O5. The normalized spacial score (nSPS) is 21.9. The first kappa shape index (κ1) is 28.8. The first-order valence-electron chi connectivity index (χ1n) is 14.1. The predicted molar refractivity (Wildman–Crippen MR) is 141 cm³/mol. The van der Waals surface area contributed by atoms with Crippen molar-refractivity contribution in [3.05, 3.63) is 12.3 Å². The molecule has 3 fully saturated rings. The van der Waals surface area contributed by atoms with Crippen LogP contribution in [0.2, 0.25) is 0 Å². The SMILES string of the molecule is CCCCC(CNC(=O)C1CCCN1C(=O)CNC(=O)NC1(C/C=C/O)CCCCC1)C(=O)NC1CC1. The number of hydrogen-bond donors (Lipinski definition) is 5. The number of likely N-dealkylation sites (tertiary alicyclic amines) is 1. The van der Waals surface area contributed by atoms with Crippen molar-refractivity contribution in [3.8, 4) is 0 Å². The van der Waals surface area contributed by atoms with Gasteiger partial charge in [-0.05, 0) is 57.4 Å². The lowest BCUT2D eigenvalue weighted by atomic mass is 9.79. The minimum absolute atomic E-state index is 0.00367. The van der Waals surface area contributed by atoms with E-state index in [1.54, 1.807) is 6.08 Å². The number of amides is 5. The van der Waals surface area contributed by atoms with Gasteiger partial charge in [-0.3, -0.25) is 14.4 Å². The average molecular weight is 520 g/mol. The number of aliphatic hydroxyl groups is 1. The molecule has 0 bridgehead atoms. The highest BCUT2D eigenvalue weighted by atomic mass is 16.2. The Hall–Kier alpha value is -2.78. The summed E-state index contributed by atoms with van der Waals surface area (Å²) in [7, 11) is 0. The topological polar surface area (TPSA) is 140 Å². The number of hydrogen-bond acceptors (Lipinski definition) is 5. The molecule has 10 heteroatoms. The van der Waals surface area contributed by atoms with Crippen molar-refractivity contribution in [1.29, 1.82) is 0 Å². The second kappa shape index (κ2) is 14.2. The zero-order valence-corrected chi connectivity index (χ0v) is 22.2. The summed E-state index contributed by atoms with van der Waals surface area (Å²) in [4.78, 5) is 52.6. The third-order valence-electron chi connectivity index (χ3n) is 7.80. The van der Waals surface area contributed by atoms with Gasteiger partial charge >= 0.3 is 6.03 Å². The van der Waals surface area contributed by atoms with Gasteiger partial charge in [0.15, 0.2) is 0 Å². The number of rotatable bonds is 13. The van der Waals surface area contributed by atoms with Gasteiger partial charge in [0.1, 0.15) is 6.04 Å². The number of nitrogens with zero attached hydrogens (tertiary/aromatic N) is 1. The number of unbranched alkanes of at least 4 members (excludes halogenated alkanes) is 1. The molecule has 0 radical (unpaired) electrons. The molecule has 208 valence electrons. The molecule has 37 heavy (non-hydrogen) atoms. The summed E-state index contributed by atoms with van der Waals surface area (Å²) in [5.41, 5.74) is -0.416. The van der Waals surface area contributed by atoms with E-state index >= 15 is 0 Å². The van der Waals surface area contributed by atoms with Gasteiger partial charge in [-0.15, -0.1) is 0 Å². The van der Waals surface area contributed by atoms with Crippen LogP contribution < -0.4 is 21.3 Å². The lowest BCUT2D eigenvalue weighted by Gasteiger charge is -2.37. The Morgan fingerprint density at radius 2 is 1.81 bits per heavy atom. The van der Waals surface area contributed by atoms with E-state index in [9.17, 15) is 19.2 Å². The summed E-state index contributed by atoms with van der Waals surface area (Å²) in [6.45, 7) is 2.62. The summed E-state index contributed by atoms with van der Waals surface area (Å²) < 4.78 is 0. The summed E-state index contributed by atoms with van der Waals surface area (Å²) in [5, 5.41) is 20.7. The van der Waals surface area contributed by atoms with Crippen LogP contribution in [0.5, 0.6) is 0 Å². The van der Waals surface area contributed by atoms with Gasteiger partial charge in [-0.2, -0.15) is 0 Å². The van der Waals surface area contributed by atoms with E-state index in [0.717, 1.165) is 70.5 Å². The van der Waals surface area contributed by atoms with Crippen molar-refractivity contribution in [2.75, 3.05) is 19.6 Å². The summed E-state index contributed by atoms with van der Waals surface area (Å²) in [6, 6.07) is -0.726. The van der Waals surface area contributed by atoms with Crippen LogP contribution in [-0.2, 0) is 14.4 Å². The van der Waals surface area contributed by atoms with E-state index < -0.39 is 17.6 Å². The van der Waals surface area contributed by atoms with E-state index in [-0.39, 0.29) is 42.8 Å². The van der Waals surface area contributed by atoms with Crippen molar-refractivity contribution in [3.63, 3.8) is 0 Å². The van der Waals surface area contributed by atoms with E-state index in [1.165, 1.54) is 4.90 Å². The van der Waals surface area contributed by atoms with Gasteiger partial charge in [-0.25, -0.2) is 4.79 Å². The number of carbonyl (C=O) groups is 4. The van der Waals surface area contributed by atoms with Crippen molar-refractivity contribution >= 4 is 23.8 Å². The Morgan fingerprint density at radius 3 is 2.49 bits per heavy atom. The fraction of sp³-hybridized carbons (Fsp3) is 0.778. The molecule has 1 aliphatic heterocycles. The first-order valence-corrected chi connectivity index (χ1v) is 14.1. The van der Waals surface area contributed by atoms with Gasteiger partial charge in [0.25, 0.3) is 0 Å². The molecule has 1 saturated heterocycles. The van der Waals surface area contributed by atoms with E-state index in [2.05, 4.69) is 28.2 Å². The molecule has 0 aromatic carbocycles. The summed E-state index contributed by atoms with van der Waals surface area (Å²) >= 11 is 0. The number of nitrogens with one attached hydrogen (secondary N) is 4. The Balaban J connectivity index is 1.47. The average Bonchev–Trinajstić information content (AvgIpc) is 3.57. The van der Waals surface area contributed by atoms with Crippen LogP contribution in [0.15, 0.2) is 12.3 Å². The van der Waals surface area contributed by atoms with E-state index in [1.807, 2.05) is 0 Å². The fourth-order valence-electron chi connectivity index (χ4n) is 5.43. The molecule has 0 aromatic heterocycles. The van der Waals surface area contributed by atoms with Crippen LogP contribution in [0.1, 0.15) is 90.4 Å². The van der Waals surface area contributed by atoms with Crippen LogP contribution >= 0.6 is 0 Å². The molecule has 2 aliphatic carbocycles. The van der Waals surface area contributed by atoms with Gasteiger partial charge in [0.05, 0.1) is 18.7 Å². The predicted octanol–water partition coefficient (Wildman–Crippen LogP) is 2.64. The van der Waals surface area contributed by atoms with E-state index in [0.29, 0.717) is 25.8 Å². The first-order chi connectivity index (χ1) is 17.9.